The monoisotopic (exact) mass is 430 g/mol. The van der Waals surface area contributed by atoms with Gasteiger partial charge in [-0.2, -0.15) is 0 Å². The Morgan fingerprint density at radius 2 is 2.00 bits per heavy atom. The molecule has 0 radical (unpaired) electrons. The van der Waals surface area contributed by atoms with Crippen molar-refractivity contribution < 1.29 is 19.1 Å². The van der Waals surface area contributed by atoms with Crippen molar-refractivity contribution in [3.05, 3.63) is 83.4 Å². The molecule has 0 atom stereocenters. The average Bonchev–Trinajstić information content (AvgIpc) is 3.20. The zero-order chi connectivity index (χ0) is 22.5. The fraction of sp³-hybridized carbons (Fsp3) is 0.231. The Morgan fingerprint density at radius 1 is 1.16 bits per heavy atom. The van der Waals surface area contributed by atoms with Crippen LogP contribution in [0.2, 0.25) is 0 Å². The number of furan rings is 1. The second kappa shape index (κ2) is 9.66. The van der Waals surface area contributed by atoms with Gasteiger partial charge in [0, 0.05) is 35.7 Å². The normalized spacial score (nSPS) is 11.1. The second-order valence-electron chi connectivity index (χ2n) is 7.73. The Kier molecular flexibility index (Phi) is 6.52. The first kappa shape index (κ1) is 21.6. The summed E-state index contributed by atoms with van der Waals surface area (Å²) in [6.45, 7) is 2.79. The predicted octanol–water partition coefficient (Wildman–Crippen LogP) is 5.11. The van der Waals surface area contributed by atoms with Crippen LogP contribution in [0.4, 0.5) is 0 Å². The standard InChI is InChI=1S/C26H26N2O4/c1-2-5-22-13-20-10-17(16-31-24-7-4-3-6-19(24)14-25(29)30)11-23(26(20)32-22)18-8-9-28-21(12-18)15-27/h3-4,6-13H,2,5,14-16,27H2,1H3,(H,29,30). The number of pyridine rings is 1. The number of carbonyl (C=O) groups is 1. The van der Waals surface area contributed by atoms with Crippen LogP contribution in [-0.2, 0) is 30.8 Å². The number of hydrogen-bond donors (Lipinski definition) is 2. The molecule has 4 aromatic rings. The zero-order valence-corrected chi connectivity index (χ0v) is 18.0. The number of fused-ring (bicyclic) bond motifs is 1. The lowest BCUT2D eigenvalue weighted by atomic mass is 10.0. The molecule has 0 aliphatic carbocycles. The van der Waals surface area contributed by atoms with E-state index < -0.39 is 5.97 Å². The highest BCUT2D eigenvalue weighted by Crippen LogP contribution is 2.34. The minimum atomic E-state index is -0.889. The number of aryl methyl sites for hydroxylation is 1. The van der Waals surface area contributed by atoms with Gasteiger partial charge in [-0.15, -0.1) is 0 Å². The highest BCUT2D eigenvalue weighted by Gasteiger charge is 2.14. The van der Waals surface area contributed by atoms with Gasteiger partial charge in [-0.1, -0.05) is 25.1 Å². The maximum absolute atomic E-state index is 11.2. The van der Waals surface area contributed by atoms with Crippen molar-refractivity contribution in [3.8, 4) is 16.9 Å². The molecule has 2 aromatic heterocycles. The van der Waals surface area contributed by atoms with E-state index in [9.17, 15) is 4.79 Å². The summed E-state index contributed by atoms with van der Waals surface area (Å²) >= 11 is 0. The van der Waals surface area contributed by atoms with Crippen LogP contribution in [0.5, 0.6) is 5.75 Å². The maximum Gasteiger partial charge on any atom is 0.307 e. The van der Waals surface area contributed by atoms with Gasteiger partial charge in [-0.25, -0.2) is 0 Å². The Hall–Kier alpha value is -3.64. The number of ether oxygens (including phenoxy) is 1. The zero-order valence-electron chi connectivity index (χ0n) is 18.0. The molecule has 0 bridgehead atoms. The van der Waals surface area contributed by atoms with Crippen LogP contribution in [0.3, 0.4) is 0 Å². The van der Waals surface area contributed by atoms with Crippen molar-refractivity contribution in [1.29, 1.82) is 0 Å². The first-order chi connectivity index (χ1) is 15.6. The van der Waals surface area contributed by atoms with Crippen molar-refractivity contribution >= 4 is 16.9 Å². The molecule has 0 amide bonds. The maximum atomic E-state index is 11.2. The first-order valence-corrected chi connectivity index (χ1v) is 10.7. The highest BCUT2D eigenvalue weighted by molar-refractivity contribution is 5.93. The summed E-state index contributed by atoms with van der Waals surface area (Å²) in [6, 6.07) is 17.3. The lowest BCUT2D eigenvalue weighted by Gasteiger charge is -2.12. The van der Waals surface area contributed by atoms with Crippen molar-refractivity contribution in [2.75, 3.05) is 0 Å². The predicted molar refractivity (Wildman–Crippen MR) is 123 cm³/mol. The molecule has 0 unspecified atom stereocenters. The summed E-state index contributed by atoms with van der Waals surface area (Å²) in [5, 5.41) is 10.2. The molecule has 4 rings (SSSR count). The molecule has 0 fully saturated rings. The van der Waals surface area contributed by atoms with Gasteiger partial charge in [0.15, 0.2) is 0 Å². The van der Waals surface area contributed by atoms with Gasteiger partial charge in [0.2, 0.25) is 0 Å². The van der Waals surface area contributed by atoms with Crippen molar-refractivity contribution in [2.24, 2.45) is 5.73 Å². The van der Waals surface area contributed by atoms with Crippen LogP contribution >= 0.6 is 0 Å². The van der Waals surface area contributed by atoms with Crippen LogP contribution in [0.1, 0.15) is 35.9 Å². The molecule has 32 heavy (non-hydrogen) atoms. The van der Waals surface area contributed by atoms with Gasteiger partial charge in [0.05, 0.1) is 12.1 Å². The summed E-state index contributed by atoms with van der Waals surface area (Å²) in [5.74, 6) is 0.631. The summed E-state index contributed by atoms with van der Waals surface area (Å²) in [6.07, 6.45) is 3.54. The molecule has 0 saturated carbocycles. The smallest absolute Gasteiger partial charge is 0.307 e. The molecule has 2 aromatic carbocycles. The van der Waals surface area contributed by atoms with Gasteiger partial charge < -0.3 is 20.0 Å². The summed E-state index contributed by atoms with van der Waals surface area (Å²) in [4.78, 5) is 15.5. The number of carboxylic acid groups (broad SMARTS) is 1. The topological polar surface area (TPSA) is 98.6 Å². The number of nitrogens with zero attached hydrogens (tertiary/aromatic N) is 1. The third kappa shape index (κ3) is 4.81. The molecule has 6 nitrogen and oxygen atoms in total. The third-order valence-electron chi connectivity index (χ3n) is 5.27. The number of hydrogen-bond acceptors (Lipinski definition) is 5. The number of para-hydroxylation sites is 1. The minimum absolute atomic E-state index is 0.0819. The Bertz CT molecular complexity index is 1250. The van der Waals surface area contributed by atoms with E-state index in [-0.39, 0.29) is 6.42 Å². The van der Waals surface area contributed by atoms with Crippen LogP contribution in [0.25, 0.3) is 22.1 Å². The molecule has 0 saturated heterocycles. The van der Waals surface area contributed by atoms with Crippen LogP contribution in [0.15, 0.2) is 65.2 Å². The van der Waals surface area contributed by atoms with Crippen LogP contribution in [-0.4, -0.2) is 16.1 Å². The molecule has 0 aliphatic rings. The van der Waals surface area contributed by atoms with Crippen molar-refractivity contribution in [2.45, 2.75) is 39.3 Å². The quantitative estimate of drug-likeness (QED) is 0.383. The molecular formula is C26H26N2O4. The van der Waals surface area contributed by atoms with E-state index in [1.807, 2.05) is 24.3 Å². The molecule has 3 N–H and O–H groups in total. The van der Waals surface area contributed by atoms with E-state index in [4.69, 9.17) is 20.0 Å². The second-order valence-corrected chi connectivity index (χ2v) is 7.73. The number of nitrogens with two attached hydrogens (primary N) is 1. The van der Waals surface area contributed by atoms with Gasteiger partial charge in [0.1, 0.15) is 23.7 Å². The molecule has 0 spiro atoms. The van der Waals surface area contributed by atoms with E-state index in [1.165, 1.54) is 0 Å². The SMILES string of the molecule is CCCc1cc2cc(COc3ccccc3CC(=O)O)cc(-c3ccnc(CN)c3)c2o1. The molecular weight excluding hydrogens is 404 g/mol. The van der Waals surface area contributed by atoms with Crippen LogP contribution in [0, 0.1) is 0 Å². The number of carboxylic acids is 1. The number of aliphatic carboxylic acids is 1. The molecule has 2 heterocycles. The van der Waals surface area contributed by atoms with E-state index in [0.717, 1.165) is 52.0 Å². The van der Waals surface area contributed by atoms with Crippen LogP contribution < -0.4 is 10.5 Å². The minimum Gasteiger partial charge on any atom is -0.489 e. The molecule has 164 valence electrons. The fourth-order valence-electron chi connectivity index (χ4n) is 3.81. The third-order valence-corrected chi connectivity index (χ3v) is 5.27. The summed E-state index contributed by atoms with van der Waals surface area (Å²) in [7, 11) is 0. The number of benzene rings is 2. The lowest BCUT2D eigenvalue weighted by Crippen LogP contribution is -2.04. The summed E-state index contributed by atoms with van der Waals surface area (Å²) < 4.78 is 12.2. The highest BCUT2D eigenvalue weighted by atomic mass is 16.5. The van der Waals surface area contributed by atoms with Gasteiger partial charge in [-0.3, -0.25) is 9.78 Å². The largest absolute Gasteiger partial charge is 0.489 e. The Labute approximate surface area is 186 Å². The number of rotatable bonds is 9. The first-order valence-electron chi connectivity index (χ1n) is 10.7. The average molecular weight is 431 g/mol. The van der Waals surface area contributed by atoms with Crippen molar-refractivity contribution in [3.63, 3.8) is 0 Å². The van der Waals surface area contributed by atoms with E-state index in [2.05, 4.69) is 30.1 Å². The Balaban J connectivity index is 1.72. The van der Waals surface area contributed by atoms with Gasteiger partial charge in [0.25, 0.3) is 0 Å². The fourth-order valence-corrected chi connectivity index (χ4v) is 3.81. The van der Waals surface area contributed by atoms with Crippen molar-refractivity contribution in [1.82, 2.24) is 4.98 Å². The Morgan fingerprint density at radius 3 is 2.78 bits per heavy atom. The molecule has 6 heteroatoms. The number of aromatic nitrogens is 1. The molecule has 0 aliphatic heterocycles. The van der Waals surface area contributed by atoms with E-state index in [1.54, 1.807) is 18.3 Å². The van der Waals surface area contributed by atoms with E-state index in [0.29, 0.717) is 24.5 Å². The van der Waals surface area contributed by atoms with Gasteiger partial charge >= 0.3 is 5.97 Å². The van der Waals surface area contributed by atoms with E-state index >= 15 is 0 Å². The lowest BCUT2D eigenvalue weighted by molar-refractivity contribution is -0.136. The summed E-state index contributed by atoms with van der Waals surface area (Å²) in [5.41, 5.74) is 11.0. The van der Waals surface area contributed by atoms with Gasteiger partial charge in [-0.05, 0) is 53.9 Å².